The Labute approximate surface area is 81.6 Å². The first kappa shape index (κ1) is 9.12. The van der Waals surface area contributed by atoms with Crippen LogP contribution in [0.25, 0.3) is 0 Å². The predicted molar refractivity (Wildman–Crippen MR) is 51.4 cm³/mol. The zero-order valence-corrected chi connectivity index (χ0v) is 7.69. The lowest BCUT2D eigenvalue weighted by molar-refractivity contribution is 0.112. The summed E-state index contributed by atoms with van der Waals surface area (Å²) in [4.78, 5) is 16.4. The smallest absolute Gasteiger partial charge is 0.151 e. The van der Waals surface area contributed by atoms with E-state index in [1.165, 1.54) is 6.20 Å². The van der Waals surface area contributed by atoms with Crippen LogP contribution in [0.2, 0.25) is 0 Å². The molecule has 1 aliphatic heterocycles. The molecule has 1 aliphatic rings. The molecule has 1 saturated heterocycles. The molecule has 4 heteroatoms. The van der Waals surface area contributed by atoms with Gasteiger partial charge in [-0.3, -0.25) is 4.79 Å². The van der Waals surface area contributed by atoms with Crippen molar-refractivity contribution in [3.8, 4) is 0 Å². The minimum Gasteiger partial charge on any atom is -0.354 e. The van der Waals surface area contributed by atoms with E-state index in [1.54, 1.807) is 12.1 Å². The van der Waals surface area contributed by atoms with Gasteiger partial charge >= 0.3 is 0 Å². The van der Waals surface area contributed by atoms with Gasteiger partial charge in [0, 0.05) is 18.3 Å². The van der Waals surface area contributed by atoms with Gasteiger partial charge in [-0.1, -0.05) is 0 Å². The average Bonchev–Trinajstić information content (AvgIpc) is 2.65. The fourth-order valence-electron chi connectivity index (χ4n) is 1.58. The first-order valence-corrected chi connectivity index (χ1v) is 4.60. The van der Waals surface area contributed by atoms with E-state index >= 15 is 0 Å². The number of rotatable bonds is 2. The highest BCUT2D eigenvalue weighted by atomic mass is 19.1. The molecular formula is C10H11FN2O. The molecule has 1 unspecified atom stereocenters. The Bertz CT molecular complexity index is 325. The summed E-state index contributed by atoms with van der Waals surface area (Å²) in [6, 6.07) is 3.45. The summed E-state index contributed by atoms with van der Waals surface area (Å²) < 4.78 is 12.9. The van der Waals surface area contributed by atoms with Gasteiger partial charge in [0.15, 0.2) is 6.29 Å². The minimum absolute atomic E-state index is 0.410. The summed E-state index contributed by atoms with van der Waals surface area (Å²) in [6.07, 6.45) is 2.08. The molecule has 0 N–H and O–H groups in total. The Hall–Kier alpha value is -1.45. The molecule has 1 fully saturated rings. The molecule has 2 rings (SSSR count). The summed E-state index contributed by atoms with van der Waals surface area (Å²) in [7, 11) is 0. The van der Waals surface area contributed by atoms with Gasteiger partial charge < -0.3 is 4.90 Å². The first-order chi connectivity index (χ1) is 6.79. The van der Waals surface area contributed by atoms with E-state index in [0.29, 0.717) is 25.1 Å². The second-order valence-electron chi connectivity index (χ2n) is 3.40. The number of pyridine rings is 1. The Morgan fingerprint density at radius 3 is 2.93 bits per heavy atom. The van der Waals surface area contributed by atoms with Crippen LogP contribution < -0.4 is 4.90 Å². The molecule has 0 radical (unpaired) electrons. The molecule has 0 bridgehead atoms. The molecule has 0 aromatic carbocycles. The third-order valence-corrected chi connectivity index (χ3v) is 2.36. The number of alkyl halides is 1. The van der Waals surface area contributed by atoms with Crippen LogP contribution in [0.15, 0.2) is 18.3 Å². The van der Waals surface area contributed by atoms with Crippen LogP contribution in [0.1, 0.15) is 16.8 Å². The molecule has 14 heavy (non-hydrogen) atoms. The van der Waals surface area contributed by atoms with Crippen LogP contribution in [0, 0.1) is 0 Å². The molecule has 0 amide bonds. The third-order valence-electron chi connectivity index (χ3n) is 2.36. The summed E-state index contributed by atoms with van der Waals surface area (Å²) in [5.74, 6) is 0.746. The zero-order chi connectivity index (χ0) is 9.97. The number of nitrogens with zero attached hydrogens (tertiary/aromatic N) is 2. The Kier molecular flexibility index (Phi) is 2.43. The van der Waals surface area contributed by atoms with Gasteiger partial charge in [0.05, 0.1) is 6.54 Å². The van der Waals surface area contributed by atoms with Gasteiger partial charge in [-0.2, -0.15) is 0 Å². The lowest BCUT2D eigenvalue weighted by atomic mass is 10.3. The van der Waals surface area contributed by atoms with E-state index in [4.69, 9.17) is 0 Å². The van der Waals surface area contributed by atoms with Crippen LogP contribution >= 0.6 is 0 Å². The average molecular weight is 194 g/mol. The van der Waals surface area contributed by atoms with E-state index in [1.807, 2.05) is 4.90 Å². The van der Waals surface area contributed by atoms with Gasteiger partial charge in [0.1, 0.15) is 12.0 Å². The number of hydrogen-bond donors (Lipinski definition) is 0. The maximum absolute atomic E-state index is 12.9. The largest absolute Gasteiger partial charge is 0.354 e. The first-order valence-electron chi connectivity index (χ1n) is 4.60. The van der Waals surface area contributed by atoms with Crippen molar-refractivity contribution in [3.05, 3.63) is 23.9 Å². The standard InChI is InChI=1S/C10H11FN2O/c11-9-3-4-13(6-9)10-2-1-8(7-14)5-12-10/h1-2,5,7,9H,3-4,6H2. The maximum atomic E-state index is 12.9. The molecule has 1 aromatic heterocycles. The monoisotopic (exact) mass is 194 g/mol. The summed E-state index contributed by atoms with van der Waals surface area (Å²) in [5.41, 5.74) is 0.546. The summed E-state index contributed by atoms with van der Waals surface area (Å²) in [5, 5.41) is 0. The van der Waals surface area contributed by atoms with E-state index < -0.39 is 6.17 Å². The highest BCUT2D eigenvalue weighted by molar-refractivity contribution is 5.74. The second-order valence-corrected chi connectivity index (χ2v) is 3.40. The van der Waals surface area contributed by atoms with E-state index in [0.717, 1.165) is 12.1 Å². The van der Waals surface area contributed by atoms with Crippen molar-refractivity contribution in [2.45, 2.75) is 12.6 Å². The molecule has 74 valence electrons. The normalized spacial score (nSPS) is 21.2. The van der Waals surface area contributed by atoms with Crippen LogP contribution in [-0.2, 0) is 0 Å². The van der Waals surface area contributed by atoms with Crippen molar-refractivity contribution < 1.29 is 9.18 Å². The highest BCUT2D eigenvalue weighted by Gasteiger charge is 2.22. The zero-order valence-electron chi connectivity index (χ0n) is 7.69. The van der Waals surface area contributed by atoms with Crippen LogP contribution in [0.3, 0.4) is 0 Å². The summed E-state index contributed by atoms with van der Waals surface area (Å²) >= 11 is 0. The van der Waals surface area contributed by atoms with E-state index in [2.05, 4.69) is 4.98 Å². The molecule has 1 aromatic rings. The quantitative estimate of drug-likeness (QED) is 0.668. The van der Waals surface area contributed by atoms with E-state index in [-0.39, 0.29) is 0 Å². The number of hydrogen-bond acceptors (Lipinski definition) is 3. The number of carbonyl (C=O) groups is 1. The Morgan fingerprint density at radius 1 is 1.57 bits per heavy atom. The van der Waals surface area contributed by atoms with Crippen molar-refractivity contribution in [3.63, 3.8) is 0 Å². The molecule has 0 spiro atoms. The molecule has 3 nitrogen and oxygen atoms in total. The molecule has 0 aliphatic carbocycles. The number of anilines is 1. The van der Waals surface area contributed by atoms with Crippen LogP contribution in [0.4, 0.5) is 10.2 Å². The molecular weight excluding hydrogens is 183 g/mol. The highest BCUT2D eigenvalue weighted by Crippen LogP contribution is 2.19. The van der Waals surface area contributed by atoms with Crippen molar-refractivity contribution in [1.29, 1.82) is 0 Å². The predicted octanol–water partition coefficient (Wildman–Crippen LogP) is 1.44. The van der Waals surface area contributed by atoms with Crippen molar-refractivity contribution in [1.82, 2.24) is 4.98 Å². The van der Waals surface area contributed by atoms with Gasteiger partial charge in [-0.25, -0.2) is 9.37 Å². The summed E-state index contributed by atoms with van der Waals surface area (Å²) in [6.45, 7) is 1.11. The fourth-order valence-corrected chi connectivity index (χ4v) is 1.58. The van der Waals surface area contributed by atoms with Crippen LogP contribution in [0.5, 0.6) is 0 Å². The van der Waals surface area contributed by atoms with Gasteiger partial charge in [0.25, 0.3) is 0 Å². The fraction of sp³-hybridized carbons (Fsp3) is 0.400. The minimum atomic E-state index is -0.748. The molecule has 0 saturated carbocycles. The molecule has 1 atom stereocenters. The van der Waals surface area contributed by atoms with E-state index in [9.17, 15) is 9.18 Å². The Balaban J connectivity index is 2.13. The maximum Gasteiger partial charge on any atom is 0.151 e. The van der Waals surface area contributed by atoms with Crippen molar-refractivity contribution >= 4 is 12.1 Å². The second kappa shape index (κ2) is 3.74. The molecule has 2 heterocycles. The number of halogens is 1. The van der Waals surface area contributed by atoms with Gasteiger partial charge in [0.2, 0.25) is 0 Å². The van der Waals surface area contributed by atoms with Crippen molar-refractivity contribution in [2.75, 3.05) is 18.0 Å². The SMILES string of the molecule is O=Cc1ccc(N2CCC(F)C2)nc1. The lowest BCUT2D eigenvalue weighted by Gasteiger charge is -2.15. The van der Waals surface area contributed by atoms with Gasteiger partial charge in [-0.15, -0.1) is 0 Å². The van der Waals surface area contributed by atoms with Crippen molar-refractivity contribution in [2.24, 2.45) is 0 Å². The Morgan fingerprint density at radius 2 is 2.43 bits per heavy atom. The number of aldehydes is 1. The third kappa shape index (κ3) is 1.73. The topological polar surface area (TPSA) is 33.2 Å². The lowest BCUT2D eigenvalue weighted by Crippen LogP contribution is -2.20. The number of aromatic nitrogens is 1. The number of carbonyl (C=O) groups excluding carboxylic acids is 1. The van der Waals surface area contributed by atoms with Crippen LogP contribution in [-0.4, -0.2) is 30.5 Å². The van der Waals surface area contributed by atoms with Gasteiger partial charge in [-0.05, 0) is 18.6 Å².